The second-order valence-corrected chi connectivity index (χ2v) is 6.83. The molecule has 0 N–H and O–H groups in total. The quantitative estimate of drug-likeness (QED) is 0.847. The van der Waals surface area contributed by atoms with E-state index in [1.54, 1.807) is 4.68 Å². The number of halogens is 3. The SMILES string of the molecule is Cn1cc(CN2CC[C@]23CCN(c2nccc(C(F)(F)F)n2)C3)cn1. The van der Waals surface area contributed by atoms with Gasteiger partial charge in [0, 0.05) is 56.7 Å². The standard InChI is InChI=1S/C16H19F3N6/c1-23-9-12(8-21-23)10-25-7-4-15(25)3-6-24(11-15)14-20-5-2-13(22-14)16(17,18)19/h2,5,8-9H,3-4,6-7,10-11H2,1H3/t15-/m0/s1. The first-order valence-electron chi connectivity index (χ1n) is 8.24. The zero-order valence-corrected chi connectivity index (χ0v) is 13.9. The van der Waals surface area contributed by atoms with Gasteiger partial charge in [-0.2, -0.15) is 18.3 Å². The predicted molar refractivity (Wildman–Crippen MR) is 84.8 cm³/mol. The van der Waals surface area contributed by atoms with Crippen molar-refractivity contribution in [2.75, 3.05) is 24.5 Å². The lowest BCUT2D eigenvalue weighted by Crippen LogP contribution is -2.60. The minimum absolute atomic E-state index is 0.00738. The summed E-state index contributed by atoms with van der Waals surface area (Å²) in [5.41, 5.74) is 0.266. The van der Waals surface area contributed by atoms with E-state index >= 15 is 0 Å². The Kier molecular flexibility index (Phi) is 3.71. The molecule has 2 aromatic rings. The molecular formula is C16H19F3N6. The second kappa shape index (κ2) is 5.69. The number of anilines is 1. The zero-order chi connectivity index (χ0) is 17.7. The molecule has 6 nitrogen and oxygen atoms in total. The molecule has 9 heteroatoms. The smallest absolute Gasteiger partial charge is 0.339 e. The van der Waals surface area contributed by atoms with Crippen LogP contribution in [0.2, 0.25) is 0 Å². The van der Waals surface area contributed by atoms with Crippen LogP contribution in [-0.4, -0.2) is 49.8 Å². The average molecular weight is 352 g/mol. The molecule has 2 aromatic heterocycles. The highest BCUT2D eigenvalue weighted by atomic mass is 19.4. The first-order chi connectivity index (χ1) is 11.9. The van der Waals surface area contributed by atoms with Crippen LogP contribution in [0.4, 0.5) is 19.1 Å². The second-order valence-electron chi connectivity index (χ2n) is 6.83. The molecule has 0 bridgehead atoms. The van der Waals surface area contributed by atoms with Gasteiger partial charge in [-0.1, -0.05) is 0 Å². The van der Waals surface area contributed by atoms with Crippen molar-refractivity contribution >= 4 is 5.95 Å². The Labute approximate surface area is 143 Å². The summed E-state index contributed by atoms with van der Waals surface area (Å²) < 4.78 is 40.4. The Bertz CT molecular complexity index is 773. The van der Waals surface area contributed by atoms with Crippen molar-refractivity contribution in [1.29, 1.82) is 0 Å². The number of likely N-dealkylation sites (tertiary alicyclic amines) is 1. The Morgan fingerprint density at radius 1 is 1.24 bits per heavy atom. The van der Waals surface area contributed by atoms with Gasteiger partial charge in [-0.15, -0.1) is 0 Å². The van der Waals surface area contributed by atoms with Crippen molar-refractivity contribution in [2.24, 2.45) is 7.05 Å². The number of alkyl halides is 3. The van der Waals surface area contributed by atoms with Crippen LogP contribution in [-0.2, 0) is 19.8 Å². The van der Waals surface area contributed by atoms with Crippen molar-refractivity contribution in [3.8, 4) is 0 Å². The summed E-state index contributed by atoms with van der Waals surface area (Å²) in [4.78, 5) is 12.0. The summed E-state index contributed by atoms with van der Waals surface area (Å²) in [7, 11) is 1.89. The van der Waals surface area contributed by atoms with E-state index in [0.29, 0.717) is 13.1 Å². The molecule has 2 aliphatic rings. The maximum atomic E-state index is 12.9. The summed E-state index contributed by atoms with van der Waals surface area (Å²) in [6.07, 6.45) is 2.54. The van der Waals surface area contributed by atoms with E-state index in [4.69, 9.17) is 0 Å². The third kappa shape index (κ3) is 2.97. The molecule has 1 spiro atoms. The molecular weight excluding hydrogens is 333 g/mol. The Hall–Kier alpha value is -2.16. The molecule has 0 unspecified atom stereocenters. The molecule has 1 atom stereocenters. The van der Waals surface area contributed by atoms with E-state index in [0.717, 1.165) is 37.6 Å². The van der Waals surface area contributed by atoms with Crippen molar-refractivity contribution in [1.82, 2.24) is 24.6 Å². The van der Waals surface area contributed by atoms with Gasteiger partial charge in [-0.3, -0.25) is 9.58 Å². The van der Waals surface area contributed by atoms with Crippen LogP contribution in [0.15, 0.2) is 24.7 Å². The van der Waals surface area contributed by atoms with Crippen LogP contribution >= 0.6 is 0 Å². The largest absolute Gasteiger partial charge is 0.433 e. The summed E-state index contributed by atoms with van der Waals surface area (Å²) in [5.74, 6) is 0.167. The highest BCUT2D eigenvalue weighted by Crippen LogP contribution is 2.41. The van der Waals surface area contributed by atoms with E-state index in [9.17, 15) is 13.2 Å². The van der Waals surface area contributed by atoms with Gasteiger partial charge in [0.1, 0.15) is 5.69 Å². The van der Waals surface area contributed by atoms with Gasteiger partial charge in [0.25, 0.3) is 0 Å². The molecule has 0 amide bonds. The van der Waals surface area contributed by atoms with Gasteiger partial charge < -0.3 is 4.90 Å². The topological polar surface area (TPSA) is 50.1 Å². The molecule has 0 aromatic carbocycles. The number of nitrogens with zero attached hydrogens (tertiary/aromatic N) is 6. The monoisotopic (exact) mass is 352 g/mol. The molecule has 0 aliphatic carbocycles. The minimum atomic E-state index is -4.45. The van der Waals surface area contributed by atoms with Crippen LogP contribution in [0.5, 0.6) is 0 Å². The fourth-order valence-electron chi connectivity index (χ4n) is 3.75. The Morgan fingerprint density at radius 3 is 2.68 bits per heavy atom. The van der Waals surface area contributed by atoms with Crippen LogP contribution in [0.3, 0.4) is 0 Å². The molecule has 4 heterocycles. The van der Waals surface area contributed by atoms with Crippen molar-refractivity contribution < 1.29 is 13.2 Å². The molecule has 0 saturated carbocycles. The van der Waals surface area contributed by atoms with Gasteiger partial charge in [-0.05, 0) is 18.9 Å². The van der Waals surface area contributed by atoms with Gasteiger partial charge >= 0.3 is 6.18 Å². The molecule has 25 heavy (non-hydrogen) atoms. The maximum Gasteiger partial charge on any atom is 0.433 e. The maximum absolute atomic E-state index is 12.9. The van der Waals surface area contributed by atoms with Crippen molar-refractivity contribution in [3.05, 3.63) is 35.9 Å². The highest BCUT2D eigenvalue weighted by molar-refractivity contribution is 5.36. The number of aryl methyl sites for hydroxylation is 1. The summed E-state index contributed by atoms with van der Waals surface area (Å²) in [6.45, 7) is 3.14. The van der Waals surface area contributed by atoms with Crippen LogP contribution in [0, 0.1) is 0 Å². The molecule has 2 aliphatic heterocycles. The normalized spacial score (nSPS) is 24.1. The lowest BCUT2D eigenvalue weighted by Gasteiger charge is -2.50. The summed E-state index contributed by atoms with van der Waals surface area (Å²) in [5, 5.41) is 4.19. The van der Waals surface area contributed by atoms with Crippen molar-refractivity contribution in [2.45, 2.75) is 31.1 Å². The fraction of sp³-hybridized carbons (Fsp3) is 0.562. The molecule has 2 saturated heterocycles. The average Bonchev–Trinajstić information content (AvgIpc) is 3.19. The highest BCUT2D eigenvalue weighted by Gasteiger charge is 2.49. The lowest BCUT2D eigenvalue weighted by atomic mass is 9.83. The minimum Gasteiger partial charge on any atom is -0.339 e. The van der Waals surface area contributed by atoms with E-state index in [-0.39, 0.29) is 11.5 Å². The summed E-state index contributed by atoms with van der Waals surface area (Å²) in [6, 6.07) is 0.910. The van der Waals surface area contributed by atoms with E-state index in [1.165, 1.54) is 6.20 Å². The third-order valence-corrected chi connectivity index (χ3v) is 5.20. The van der Waals surface area contributed by atoms with E-state index in [2.05, 4.69) is 20.0 Å². The Balaban J connectivity index is 1.48. The van der Waals surface area contributed by atoms with Crippen LogP contribution in [0.25, 0.3) is 0 Å². The van der Waals surface area contributed by atoms with Crippen molar-refractivity contribution in [3.63, 3.8) is 0 Å². The predicted octanol–water partition coefficient (Wildman–Crippen LogP) is 2.08. The molecule has 2 fully saturated rings. The van der Waals surface area contributed by atoms with Gasteiger partial charge in [0.15, 0.2) is 0 Å². The number of hydrogen-bond donors (Lipinski definition) is 0. The number of hydrogen-bond acceptors (Lipinski definition) is 5. The van der Waals surface area contributed by atoms with E-state index < -0.39 is 11.9 Å². The first kappa shape index (κ1) is 16.3. The fourth-order valence-corrected chi connectivity index (χ4v) is 3.75. The Morgan fingerprint density at radius 2 is 2.04 bits per heavy atom. The zero-order valence-electron chi connectivity index (χ0n) is 13.9. The van der Waals surface area contributed by atoms with Crippen LogP contribution in [0.1, 0.15) is 24.1 Å². The summed E-state index contributed by atoms with van der Waals surface area (Å²) >= 11 is 0. The number of rotatable bonds is 3. The lowest BCUT2D eigenvalue weighted by molar-refractivity contribution is -0.141. The van der Waals surface area contributed by atoms with E-state index in [1.807, 2.05) is 24.3 Å². The van der Waals surface area contributed by atoms with Gasteiger partial charge in [0.2, 0.25) is 5.95 Å². The molecule has 134 valence electrons. The molecule has 4 rings (SSSR count). The first-order valence-corrected chi connectivity index (χ1v) is 8.24. The van der Waals surface area contributed by atoms with Crippen LogP contribution < -0.4 is 4.90 Å². The third-order valence-electron chi connectivity index (χ3n) is 5.20. The van der Waals surface area contributed by atoms with Gasteiger partial charge in [-0.25, -0.2) is 9.97 Å². The number of aromatic nitrogens is 4. The van der Waals surface area contributed by atoms with Gasteiger partial charge in [0.05, 0.1) is 6.20 Å². The molecule has 0 radical (unpaired) electrons.